The van der Waals surface area contributed by atoms with Gasteiger partial charge in [0.2, 0.25) is 5.78 Å². The van der Waals surface area contributed by atoms with Crippen LogP contribution in [0.5, 0.6) is 5.75 Å². The molecule has 5 nitrogen and oxygen atoms in total. The fourth-order valence-electron chi connectivity index (χ4n) is 2.57. The molecule has 27 heavy (non-hydrogen) atoms. The summed E-state index contributed by atoms with van der Waals surface area (Å²) in [4.78, 5) is 36.6. The van der Waals surface area contributed by atoms with Gasteiger partial charge in [0.1, 0.15) is 5.75 Å². The second-order valence-corrected chi connectivity index (χ2v) is 6.45. The van der Waals surface area contributed by atoms with Crippen LogP contribution in [0.3, 0.4) is 0 Å². The Balaban J connectivity index is 1.87. The maximum absolute atomic E-state index is 12.3. The predicted molar refractivity (Wildman–Crippen MR) is 102 cm³/mol. The van der Waals surface area contributed by atoms with Crippen molar-refractivity contribution < 1.29 is 23.9 Å². The van der Waals surface area contributed by atoms with Crippen molar-refractivity contribution in [2.75, 3.05) is 7.11 Å². The number of hydrogen-bond donors (Lipinski definition) is 0. The summed E-state index contributed by atoms with van der Waals surface area (Å²) in [5.41, 5.74) is 3.15. The number of rotatable bonds is 8. The smallest absolute Gasteiger partial charge is 0.306 e. The van der Waals surface area contributed by atoms with Crippen molar-refractivity contribution in [3.8, 4) is 5.75 Å². The Kier molecular flexibility index (Phi) is 6.88. The lowest BCUT2D eigenvalue weighted by atomic mass is 10.0. The van der Waals surface area contributed by atoms with Crippen LogP contribution in [0.2, 0.25) is 0 Å². The van der Waals surface area contributed by atoms with E-state index in [4.69, 9.17) is 9.47 Å². The van der Waals surface area contributed by atoms with Gasteiger partial charge in [0.05, 0.1) is 13.5 Å². The van der Waals surface area contributed by atoms with Gasteiger partial charge in [-0.3, -0.25) is 14.4 Å². The van der Waals surface area contributed by atoms with Crippen molar-refractivity contribution in [1.82, 2.24) is 0 Å². The predicted octanol–water partition coefficient (Wildman–Crippen LogP) is 4.09. The summed E-state index contributed by atoms with van der Waals surface area (Å²) >= 11 is 0. The number of carbonyl (C=O) groups is 3. The molecule has 0 aliphatic carbocycles. The van der Waals surface area contributed by atoms with Gasteiger partial charge in [-0.05, 0) is 62.2 Å². The van der Waals surface area contributed by atoms with Crippen LogP contribution in [0.25, 0.3) is 0 Å². The number of ketones is 2. The number of methoxy groups -OCH3 is 1. The van der Waals surface area contributed by atoms with Gasteiger partial charge in [-0.1, -0.05) is 12.1 Å². The summed E-state index contributed by atoms with van der Waals surface area (Å²) in [6.07, 6.45) is -0.931. The molecule has 0 saturated heterocycles. The molecule has 142 valence electrons. The molecule has 2 aromatic carbocycles. The van der Waals surface area contributed by atoms with Crippen LogP contribution in [-0.2, 0) is 9.53 Å². The van der Waals surface area contributed by atoms with Crippen molar-refractivity contribution in [1.29, 1.82) is 0 Å². The molecule has 0 amide bonds. The second-order valence-electron chi connectivity index (χ2n) is 6.45. The van der Waals surface area contributed by atoms with E-state index in [9.17, 15) is 14.4 Å². The normalized spacial score (nSPS) is 11.6. The first-order chi connectivity index (χ1) is 12.8. The zero-order valence-corrected chi connectivity index (χ0v) is 16.1. The van der Waals surface area contributed by atoms with Gasteiger partial charge in [-0.15, -0.1) is 0 Å². The molecular formula is C22H24O5. The molecule has 0 N–H and O–H groups in total. The zero-order chi connectivity index (χ0) is 20.0. The Morgan fingerprint density at radius 2 is 1.52 bits per heavy atom. The van der Waals surface area contributed by atoms with E-state index in [1.165, 1.54) is 6.92 Å². The van der Waals surface area contributed by atoms with Crippen LogP contribution in [0, 0.1) is 13.8 Å². The lowest BCUT2D eigenvalue weighted by Gasteiger charge is -2.12. The second kappa shape index (κ2) is 9.12. The zero-order valence-electron chi connectivity index (χ0n) is 16.1. The van der Waals surface area contributed by atoms with Crippen LogP contribution in [0.1, 0.15) is 51.6 Å². The van der Waals surface area contributed by atoms with Crippen molar-refractivity contribution >= 4 is 17.5 Å². The summed E-state index contributed by atoms with van der Waals surface area (Å²) in [6, 6.07) is 12.0. The molecule has 0 fully saturated rings. The van der Waals surface area contributed by atoms with Gasteiger partial charge in [-0.2, -0.15) is 0 Å². The topological polar surface area (TPSA) is 69.7 Å². The minimum absolute atomic E-state index is 0.0464. The SMILES string of the molecule is COc1ccc(C(=O)[C@@H](C)OC(=O)CCC(=O)c2ccc(C)c(C)c2)cc1. The first-order valence-corrected chi connectivity index (χ1v) is 8.80. The van der Waals surface area contributed by atoms with Crippen LogP contribution in [0.4, 0.5) is 0 Å². The average Bonchev–Trinajstić information content (AvgIpc) is 2.67. The minimum Gasteiger partial charge on any atom is -0.497 e. The lowest BCUT2D eigenvalue weighted by Crippen LogP contribution is -2.24. The van der Waals surface area contributed by atoms with Crippen LogP contribution in [-0.4, -0.2) is 30.7 Å². The van der Waals surface area contributed by atoms with E-state index in [2.05, 4.69) is 0 Å². The molecule has 0 saturated carbocycles. The molecule has 1 atom stereocenters. The number of esters is 1. The molecule has 0 aromatic heterocycles. The van der Waals surface area contributed by atoms with E-state index < -0.39 is 12.1 Å². The van der Waals surface area contributed by atoms with E-state index in [1.807, 2.05) is 26.0 Å². The standard InChI is InChI=1S/C22H24O5/c1-14-5-6-18(13-15(14)2)20(23)11-12-21(24)27-16(3)22(25)17-7-9-19(26-4)10-8-17/h5-10,13,16H,11-12H2,1-4H3/t16-/m1/s1. The van der Waals surface area contributed by atoms with Crippen molar-refractivity contribution in [3.63, 3.8) is 0 Å². The van der Waals surface area contributed by atoms with Gasteiger partial charge in [0.25, 0.3) is 0 Å². The van der Waals surface area contributed by atoms with Gasteiger partial charge in [-0.25, -0.2) is 0 Å². The van der Waals surface area contributed by atoms with Crippen LogP contribution >= 0.6 is 0 Å². The number of carbonyl (C=O) groups excluding carboxylic acids is 3. The fourth-order valence-corrected chi connectivity index (χ4v) is 2.57. The maximum Gasteiger partial charge on any atom is 0.306 e. The highest BCUT2D eigenvalue weighted by Gasteiger charge is 2.20. The van der Waals surface area contributed by atoms with Crippen molar-refractivity contribution in [2.24, 2.45) is 0 Å². The summed E-state index contributed by atoms with van der Waals surface area (Å²) in [5, 5.41) is 0. The summed E-state index contributed by atoms with van der Waals surface area (Å²) in [7, 11) is 1.54. The Hall–Kier alpha value is -2.95. The third-order valence-corrected chi connectivity index (χ3v) is 4.44. The number of benzene rings is 2. The maximum atomic E-state index is 12.3. The Bertz CT molecular complexity index is 836. The molecule has 0 aliphatic rings. The molecular weight excluding hydrogens is 344 g/mol. The highest BCUT2D eigenvalue weighted by atomic mass is 16.5. The Morgan fingerprint density at radius 1 is 0.889 bits per heavy atom. The first-order valence-electron chi connectivity index (χ1n) is 8.80. The van der Waals surface area contributed by atoms with E-state index in [0.29, 0.717) is 16.9 Å². The molecule has 5 heteroatoms. The van der Waals surface area contributed by atoms with Crippen LogP contribution in [0.15, 0.2) is 42.5 Å². The van der Waals surface area contributed by atoms with Crippen LogP contribution < -0.4 is 4.74 Å². The molecule has 2 rings (SSSR count). The van der Waals surface area contributed by atoms with Gasteiger partial charge in [0.15, 0.2) is 11.9 Å². The van der Waals surface area contributed by atoms with E-state index in [0.717, 1.165) is 11.1 Å². The number of Topliss-reactive ketones (excluding diaryl/α,β-unsaturated/α-hetero) is 2. The molecule has 2 aromatic rings. The molecule has 0 bridgehead atoms. The van der Waals surface area contributed by atoms with E-state index >= 15 is 0 Å². The third kappa shape index (κ3) is 5.51. The minimum atomic E-state index is -0.914. The Morgan fingerprint density at radius 3 is 2.11 bits per heavy atom. The van der Waals surface area contributed by atoms with Gasteiger partial charge < -0.3 is 9.47 Å². The quantitative estimate of drug-likeness (QED) is 0.518. The molecule has 0 heterocycles. The van der Waals surface area contributed by atoms with Gasteiger partial charge in [0, 0.05) is 17.5 Å². The van der Waals surface area contributed by atoms with E-state index in [-0.39, 0.29) is 24.4 Å². The fraction of sp³-hybridized carbons (Fsp3) is 0.318. The monoisotopic (exact) mass is 368 g/mol. The number of ether oxygens (including phenoxy) is 2. The van der Waals surface area contributed by atoms with Crippen molar-refractivity contribution in [2.45, 2.75) is 39.7 Å². The third-order valence-electron chi connectivity index (χ3n) is 4.44. The number of hydrogen-bond acceptors (Lipinski definition) is 5. The molecule has 0 radical (unpaired) electrons. The first kappa shape index (κ1) is 20.4. The Labute approximate surface area is 159 Å². The highest BCUT2D eigenvalue weighted by Crippen LogP contribution is 2.15. The number of aryl methyl sites for hydroxylation is 2. The van der Waals surface area contributed by atoms with E-state index in [1.54, 1.807) is 37.4 Å². The molecule has 0 aliphatic heterocycles. The summed E-state index contributed by atoms with van der Waals surface area (Å²) < 4.78 is 10.2. The largest absolute Gasteiger partial charge is 0.497 e. The average molecular weight is 368 g/mol. The molecule has 0 unspecified atom stereocenters. The highest BCUT2D eigenvalue weighted by molar-refractivity contribution is 6.01. The summed E-state index contributed by atoms with van der Waals surface area (Å²) in [6.45, 7) is 5.44. The lowest BCUT2D eigenvalue weighted by molar-refractivity contribution is -0.146. The molecule has 0 spiro atoms. The van der Waals surface area contributed by atoms with Gasteiger partial charge >= 0.3 is 5.97 Å². The summed E-state index contributed by atoms with van der Waals surface area (Å²) in [5.74, 6) is -0.349. The van der Waals surface area contributed by atoms with Crippen molar-refractivity contribution in [3.05, 3.63) is 64.7 Å².